The van der Waals surface area contributed by atoms with Gasteiger partial charge in [-0.25, -0.2) is 13.4 Å². The Morgan fingerprint density at radius 3 is 2.63 bits per heavy atom. The van der Waals surface area contributed by atoms with Gasteiger partial charge in [0.1, 0.15) is 5.82 Å². The van der Waals surface area contributed by atoms with Crippen LogP contribution >= 0.6 is 0 Å². The molecule has 0 bridgehead atoms. The molecule has 0 saturated heterocycles. The predicted octanol–water partition coefficient (Wildman–Crippen LogP) is 1.25. The second-order valence-electron chi connectivity index (χ2n) is 4.94. The van der Waals surface area contributed by atoms with Gasteiger partial charge < -0.3 is 9.88 Å². The van der Waals surface area contributed by atoms with E-state index in [1.54, 1.807) is 13.1 Å². The van der Waals surface area contributed by atoms with Gasteiger partial charge in [0, 0.05) is 37.7 Å². The molecule has 2 unspecified atom stereocenters. The van der Waals surface area contributed by atoms with Crippen LogP contribution in [0.15, 0.2) is 12.4 Å². The van der Waals surface area contributed by atoms with Gasteiger partial charge in [0.25, 0.3) is 0 Å². The van der Waals surface area contributed by atoms with E-state index in [-0.39, 0.29) is 6.04 Å². The predicted molar refractivity (Wildman–Crippen MR) is 78.0 cm³/mol. The van der Waals surface area contributed by atoms with Crippen molar-refractivity contribution in [2.75, 3.05) is 12.8 Å². The van der Waals surface area contributed by atoms with E-state index >= 15 is 0 Å². The van der Waals surface area contributed by atoms with Gasteiger partial charge in [-0.05, 0) is 19.9 Å². The van der Waals surface area contributed by atoms with Crippen molar-refractivity contribution in [2.45, 2.75) is 51.4 Å². The van der Waals surface area contributed by atoms with Gasteiger partial charge in [-0.2, -0.15) is 0 Å². The van der Waals surface area contributed by atoms with E-state index in [2.05, 4.69) is 21.8 Å². The fraction of sp³-hybridized carbons (Fsp3) is 0.769. The van der Waals surface area contributed by atoms with Crippen LogP contribution < -0.4 is 5.32 Å². The molecule has 0 aliphatic heterocycles. The summed E-state index contributed by atoms with van der Waals surface area (Å²) in [7, 11) is -3.05. The van der Waals surface area contributed by atoms with Crippen LogP contribution in [0.1, 0.15) is 33.0 Å². The summed E-state index contributed by atoms with van der Waals surface area (Å²) in [4.78, 5) is 4.35. The maximum Gasteiger partial charge on any atom is 0.151 e. The molecule has 0 aliphatic carbocycles. The number of hydrogen-bond acceptors (Lipinski definition) is 4. The molecule has 110 valence electrons. The first-order chi connectivity index (χ1) is 8.90. The molecule has 1 N–H and O–H groups in total. The van der Waals surface area contributed by atoms with Crippen molar-refractivity contribution in [2.24, 2.45) is 0 Å². The second-order valence-corrected chi connectivity index (χ2v) is 7.34. The molecule has 0 fully saturated rings. The van der Waals surface area contributed by atoms with Crippen LogP contribution in [-0.4, -0.2) is 42.1 Å². The third-order valence-corrected chi connectivity index (χ3v) is 5.06. The Bertz CT molecular complexity index is 482. The minimum Gasteiger partial charge on any atom is -0.335 e. The van der Waals surface area contributed by atoms with Crippen LogP contribution in [0.25, 0.3) is 0 Å². The molecule has 0 aromatic carbocycles. The lowest BCUT2D eigenvalue weighted by atomic mass is 10.1. The maximum absolute atomic E-state index is 11.7. The third-order valence-electron chi connectivity index (χ3n) is 3.38. The van der Waals surface area contributed by atoms with Gasteiger partial charge in [0.05, 0.1) is 5.25 Å². The average molecular weight is 287 g/mol. The Balaban J connectivity index is 2.86. The van der Waals surface area contributed by atoms with Gasteiger partial charge in [-0.1, -0.05) is 13.8 Å². The molecule has 1 rings (SSSR count). The average Bonchev–Trinajstić information content (AvgIpc) is 2.74. The Labute approximate surface area is 116 Å². The van der Waals surface area contributed by atoms with Crippen molar-refractivity contribution in [3.05, 3.63) is 18.2 Å². The summed E-state index contributed by atoms with van der Waals surface area (Å²) >= 11 is 0. The summed E-state index contributed by atoms with van der Waals surface area (Å²) in [6, 6.07) is -0.0991. The minimum atomic E-state index is -3.05. The number of aryl methyl sites for hydroxylation is 1. The van der Waals surface area contributed by atoms with Crippen LogP contribution in [0.5, 0.6) is 0 Å². The van der Waals surface area contributed by atoms with Crippen LogP contribution in [0.4, 0.5) is 0 Å². The smallest absolute Gasteiger partial charge is 0.151 e. The molecular weight excluding hydrogens is 262 g/mol. The van der Waals surface area contributed by atoms with Crippen LogP contribution in [-0.2, 0) is 22.8 Å². The summed E-state index contributed by atoms with van der Waals surface area (Å²) in [5, 5.41) is 2.85. The van der Waals surface area contributed by atoms with E-state index in [0.29, 0.717) is 6.42 Å². The topological polar surface area (TPSA) is 64.0 Å². The first kappa shape index (κ1) is 16.2. The molecule has 0 aliphatic rings. The number of aromatic nitrogens is 2. The summed E-state index contributed by atoms with van der Waals surface area (Å²) < 4.78 is 25.5. The molecule has 0 saturated carbocycles. The van der Waals surface area contributed by atoms with Crippen molar-refractivity contribution in [3.63, 3.8) is 0 Å². The van der Waals surface area contributed by atoms with E-state index in [1.807, 2.05) is 13.1 Å². The summed E-state index contributed by atoms with van der Waals surface area (Å²) in [5.74, 6) is 0.948. The molecule has 2 atom stereocenters. The number of nitrogens with one attached hydrogen (secondary N) is 1. The number of imidazole rings is 1. The largest absolute Gasteiger partial charge is 0.335 e. The standard InChI is InChI=1S/C13H25N3O2S/c1-5-8-16-9-7-15-13(16)10-12(14-6-2)11(3)19(4,17)18/h7,9,11-12,14H,5-6,8,10H2,1-4H3. The molecule has 5 nitrogen and oxygen atoms in total. The highest BCUT2D eigenvalue weighted by atomic mass is 32.2. The second kappa shape index (κ2) is 7.05. The molecule has 1 aromatic heterocycles. The highest BCUT2D eigenvalue weighted by molar-refractivity contribution is 7.91. The highest BCUT2D eigenvalue weighted by Crippen LogP contribution is 2.11. The lowest BCUT2D eigenvalue weighted by Gasteiger charge is -2.23. The van der Waals surface area contributed by atoms with Gasteiger partial charge in [0.15, 0.2) is 9.84 Å². The number of likely N-dealkylation sites (N-methyl/N-ethyl adjacent to an activating group) is 1. The zero-order valence-electron chi connectivity index (χ0n) is 12.3. The Kier molecular flexibility index (Phi) is 6.00. The van der Waals surface area contributed by atoms with Gasteiger partial charge in [-0.3, -0.25) is 0 Å². The maximum atomic E-state index is 11.7. The molecular formula is C13H25N3O2S. The first-order valence-electron chi connectivity index (χ1n) is 6.82. The summed E-state index contributed by atoms with van der Waals surface area (Å²) in [6.07, 6.45) is 6.69. The molecule has 1 aromatic rings. The molecule has 1 heterocycles. The first-order valence-corrected chi connectivity index (χ1v) is 8.77. The quantitative estimate of drug-likeness (QED) is 0.781. The molecule has 0 spiro atoms. The molecule has 19 heavy (non-hydrogen) atoms. The summed E-state index contributed by atoms with van der Waals surface area (Å²) in [6.45, 7) is 7.53. The van der Waals surface area contributed by atoms with Gasteiger partial charge in [0.2, 0.25) is 0 Å². The minimum absolute atomic E-state index is 0.0991. The number of nitrogens with zero attached hydrogens (tertiary/aromatic N) is 2. The van der Waals surface area contributed by atoms with E-state index in [0.717, 1.165) is 25.3 Å². The zero-order valence-corrected chi connectivity index (χ0v) is 13.1. The van der Waals surface area contributed by atoms with Crippen LogP contribution in [0, 0.1) is 0 Å². The van der Waals surface area contributed by atoms with Gasteiger partial charge >= 0.3 is 0 Å². The lowest BCUT2D eigenvalue weighted by Crippen LogP contribution is -2.44. The molecule has 0 amide bonds. The number of hydrogen-bond donors (Lipinski definition) is 1. The van der Waals surface area contributed by atoms with Crippen molar-refractivity contribution in [1.29, 1.82) is 0 Å². The Morgan fingerprint density at radius 2 is 2.11 bits per heavy atom. The van der Waals surface area contributed by atoms with E-state index in [9.17, 15) is 8.42 Å². The van der Waals surface area contributed by atoms with Crippen LogP contribution in [0.3, 0.4) is 0 Å². The SMILES string of the molecule is CCCn1ccnc1CC(NCC)C(C)S(C)(=O)=O. The van der Waals surface area contributed by atoms with Crippen molar-refractivity contribution >= 4 is 9.84 Å². The number of rotatable bonds is 8. The van der Waals surface area contributed by atoms with Gasteiger partial charge in [-0.15, -0.1) is 0 Å². The van der Waals surface area contributed by atoms with Crippen molar-refractivity contribution < 1.29 is 8.42 Å². The highest BCUT2D eigenvalue weighted by Gasteiger charge is 2.26. The van der Waals surface area contributed by atoms with Crippen molar-refractivity contribution in [3.8, 4) is 0 Å². The Hall–Kier alpha value is -0.880. The number of sulfone groups is 1. The monoisotopic (exact) mass is 287 g/mol. The normalized spacial score (nSPS) is 15.4. The lowest BCUT2D eigenvalue weighted by molar-refractivity contribution is 0.475. The fourth-order valence-electron chi connectivity index (χ4n) is 2.14. The zero-order chi connectivity index (χ0) is 14.5. The Morgan fingerprint density at radius 1 is 1.42 bits per heavy atom. The van der Waals surface area contributed by atoms with E-state index in [1.165, 1.54) is 6.26 Å². The third kappa shape index (κ3) is 4.62. The van der Waals surface area contributed by atoms with Crippen molar-refractivity contribution in [1.82, 2.24) is 14.9 Å². The van der Waals surface area contributed by atoms with E-state index in [4.69, 9.17) is 0 Å². The van der Waals surface area contributed by atoms with Crippen LogP contribution in [0.2, 0.25) is 0 Å². The van der Waals surface area contributed by atoms with E-state index < -0.39 is 15.1 Å². The fourth-order valence-corrected chi connectivity index (χ4v) is 2.93. The molecule has 6 heteroatoms. The summed E-state index contributed by atoms with van der Waals surface area (Å²) in [5.41, 5.74) is 0. The molecule has 0 radical (unpaired) electrons.